The maximum Gasteiger partial charge on any atom is 0.312 e. The highest BCUT2D eigenvalue weighted by atomic mass is 32.1. The Kier molecular flexibility index (Phi) is 5.18. The Hall–Kier alpha value is -3.39. The third-order valence-corrected chi connectivity index (χ3v) is 5.15. The number of rotatable bonds is 5. The van der Waals surface area contributed by atoms with E-state index in [1.807, 2.05) is 13.0 Å². The molecule has 1 aromatic carbocycles. The van der Waals surface area contributed by atoms with Crippen LogP contribution in [0.4, 0.5) is 4.39 Å². The smallest absolute Gasteiger partial charge is 0.312 e. The zero-order valence-corrected chi connectivity index (χ0v) is 16.3. The van der Waals surface area contributed by atoms with Crippen LogP contribution in [0, 0.1) is 12.7 Å². The van der Waals surface area contributed by atoms with E-state index in [0.717, 1.165) is 11.1 Å². The highest BCUT2D eigenvalue weighted by Crippen LogP contribution is 2.24. The van der Waals surface area contributed by atoms with Crippen LogP contribution in [0.15, 0.2) is 58.8 Å². The fourth-order valence-corrected chi connectivity index (χ4v) is 3.62. The quantitative estimate of drug-likeness (QED) is 0.471. The molecule has 0 atom stereocenters. The summed E-state index contributed by atoms with van der Waals surface area (Å²) >= 11 is 1.37. The SMILES string of the molecule is Cc1ccc2nc(COC(=O)Cc3csc(-c4ccc(F)cc4)n3)cc(=O)n2c1. The van der Waals surface area contributed by atoms with Gasteiger partial charge < -0.3 is 4.74 Å². The number of ether oxygens (including phenoxy) is 1. The zero-order chi connectivity index (χ0) is 20.4. The third-order valence-electron chi connectivity index (χ3n) is 4.21. The van der Waals surface area contributed by atoms with Crippen LogP contribution in [-0.2, 0) is 22.6 Å². The lowest BCUT2D eigenvalue weighted by molar-refractivity contribution is -0.144. The lowest BCUT2D eigenvalue weighted by Gasteiger charge is -2.06. The molecule has 0 saturated carbocycles. The highest BCUT2D eigenvalue weighted by Gasteiger charge is 2.12. The number of benzene rings is 1. The molecule has 0 aliphatic rings. The summed E-state index contributed by atoms with van der Waals surface area (Å²) in [6, 6.07) is 11.0. The number of hydrogen-bond acceptors (Lipinski definition) is 6. The van der Waals surface area contributed by atoms with Gasteiger partial charge in [0.05, 0.1) is 17.8 Å². The van der Waals surface area contributed by atoms with Crippen molar-refractivity contribution in [2.24, 2.45) is 0 Å². The Balaban J connectivity index is 1.40. The molecule has 3 heterocycles. The standard InChI is InChI=1S/C21H16FN3O3S/c1-13-2-7-18-23-16(8-19(26)25(18)10-13)11-28-20(27)9-17-12-29-21(24-17)14-3-5-15(22)6-4-14/h2-8,10,12H,9,11H2,1H3. The van der Waals surface area contributed by atoms with Crippen molar-refractivity contribution in [1.82, 2.24) is 14.4 Å². The second-order valence-electron chi connectivity index (χ2n) is 6.51. The molecule has 0 N–H and O–H groups in total. The van der Waals surface area contributed by atoms with E-state index in [2.05, 4.69) is 9.97 Å². The first-order valence-electron chi connectivity index (χ1n) is 8.83. The molecular formula is C21H16FN3O3S. The summed E-state index contributed by atoms with van der Waals surface area (Å²) in [6.45, 7) is 1.80. The van der Waals surface area contributed by atoms with E-state index in [0.29, 0.717) is 22.0 Å². The summed E-state index contributed by atoms with van der Waals surface area (Å²) in [5.41, 5.74) is 2.96. The van der Waals surface area contributed by atoms with Crippen LogP contribution in [0.25, 0.3) is 16.2 Å². The molecule has 0 aliphatic carbocycles. The predicted molar refractivity (Wildman–Crippen MR) is 107 cm³/mol. The second kappa shape index (κ2) is 7.92. The molecule has 8 heteroatoms. The number of pyridine rings is 1. The lowest BCUT2D eigenvalue weighted by Crippen LogP contribution is -2.17. The number of nitrogens with zero attached hydrogens (tertiary/aromatic N) is 3. The van der Waals surface area contributed by atoms with Gasteiger partial charge in [0.25, 0.3) is 5.56 Å². The van der Waals surface area contributed by atoms with Crippen LogP contribution in [0.3, 0.4) is 0 Å². The molecular weight excluding hydrogens is 393 g/mol. The van der Waals surface area contributed by atoms with Gasteiger partial charge >= 0.3 is 5.97 Å². The molecule has 29 heavy (non-hydrogen) atoms. The maximum absolute atomic E-state index is 13.0. The molecule has 0 spiro atoms. The average molecular weight is 409 g/mol. The molecule has 0 unspecified atom stereocenters. The summed E-state index contributed by atoms with van der Waals surface area (Å²) in [7, 11) is 0. The molecule has 0 radical (unpaired) electrons. The van der Waals surface area contributed by atoms with E-state index in [9.17, 15) is 14.0 Å². The van der Waals surface area contributed by atoms with E-state index >= 15 is 0 Å². The number of halogens is 1. The van der Waals surface area contributed by atoms with Crippen LogP contribution >= 0.6 is 11.3 Å². The maximum atomic E-state index is 13.0. The Morgan fingerprint density at radius 2 is 1.93 bits per heavy atom. The van der Waals surface area contributed by atoms with Gasteiger partial charge in [-0.05, 0) is 42.8 Å². The minimum atomic E-state index is -0.466. The Morgan fingerprint density at radius 1 is 1.14 bits per heavy atom. The second-order valence-corrected chi connectivity index (χ2v) is 7.37. The Morgan fingerprint density at radius 3 is 2.72 bits per heavy atom. The van der Waals surface area contributed by atoms with Crippen molar-refractivity contribution in [3.63, 3.8) is 0 Å². The summed E-state index contributed by atoms with van der Waals surface area (Å²) in [6.07, 6.45) is 1.71. The topological polar surface area (TPSA) is 73.6 Å². The van der Waals surface area contributed by atoms with Crippen molar-refractivity contribution in [2.75, 3.05) is 0 Å². The Bertz CT molecular complexity index is 1250. The van der Waals surface area contributed by atoms with Crippen LogP contribution in [0.1, 0.15) is 17.0 Å². The average Bonchev–Trinajstić information content (AvgIpc) is 3.16. The third kappa shape index (κ3) is 4.38. The molecule has 0 bridgehead atoms. The van der Waals surface area contributed by atoms with Crippen LogP contribution in [0.2, 0.25) is 0 Å². The minimum absolute atomic E-state index is 0.00343. The van der Waals surface area contributed by atoms with E-state index in [1.165, 1.54) is 33.9 Å². The van der Waals surface area contributed by atoms with Crippen molar-refractivity contribution in [3.05, 3.63) is 87.2 Å². The summed E-state index contributed by atoms with van der Waals surface area (Å²) in [5.74, 6) is -0.780. The number of fused-ring (bicyclic) bond motifs is 1. The normalized spacial score (nSPS) is 11.0. The molecule has 0 fully saturated rings. The van der Waals surface area contributed by atoms with Gasteiger partial charge in [-0.3, -0.25) is 14.0 Å². The molecule has 0 saturated heterocycles. The molecule has 0 amide bonds. The largest absolute Gasteiger partial charge is 0.459 e. The number of esters is 1. The number of hydrogen-bond donors (Lipinski definition) is 0. The number of thiazole rings is 1. The van der Waals surface area contributed by atoms with Gasteiger partial charge in [0, 0.05) is 23.2 Å². The van der Waals surface area contributed by atoms with Crippen LogP contribution < -0.4 is 5.56 Å². The fraction of sp³-hybridized carbons (Fsp3) is 0.143. The van der Waals surface area contributed by atoms with E-state index in [1.54, 1.807) is 29.8 Å². The van der Waals surface area contributed by atoms with Crippen LogP contribution in [-0.4, -0.2) is 20.3 Å². The van der Waals surface area contributed by atoms with Gasteiger partial charge in [-0.2, -0.15) is 0 Å². The zero-order valence-electron chi connectivity index (χ0n) is 15.5. The summed E-state index contributed by atoms with van der Waals surface area (Å²) < 4.78 is 19.7. The minimum Gasteiger partial charge on any atom is -0.459 e. The first kappa shape index (κ1) is 18.9. The van der Waals surface area contributed by atoms with Gasteiger partial charge in [0.15, 0.2) is 0 Å². The van der Waals surface area contributed by atoms with Gasteiger partial charge in [-0.1, -0.05) is 6.07 Å². The molecule has 0 aliphatic heterocycles. The molecule has 4 aromatic rings. The molecule has 6 nitrogen and oxygen atoms in total. The first-order chi connectivity index (χ1) is 14.0. The lowest BCUT2D eigenvalue weighted by atomic mass is 10.2. The van der Waals surface area contributed by atoms with E-state index in [-0.39, 0.29) is 24.4 Å². The van der Waals surface area contributed by atoms with Crippen molar-refractivity contribution in [1.29, 1.82) is 0 Å². The van der Waals surface area contributed by atoms with Crippen molar-refractivity contribution in [3.8, 4) is 10.6 Å². The van der Waals surface area contributed by atoms with Crippen molar-refractivity contribution < 1.29 is 13.9 Å². The van der Waals surface area contributed by atoms with E-state index < -0.39 is 5.97 Å². The van der Waals surface area contributed by atoms with E-state index in [4.69, 9.17) is 4.74 Å². The number of aromatic nitrogens is 3. The number of aryl methyl sites for hydroxylation is 1. The summed E-state index contributed by atoms with van der Waals surface area (Å²) in [5, 5.41) is 2.47. The van der Waals surface area contributed by atoms with Crippen molar-refractivity contribution in [2.45, 2.75) is 20.0 Å². The van der Waals surface area contributed by atoms with Crippen molar-refractivity contribution >= 4 is 23.0 Å². The fourth-order valence-electron chi connectivity index (χ4n) is 2.80. The monoisotopic (exact) mass is 409 g/mol. The first-order valence-corrected chi connectivity index (χ1v) is 9.71. The van der Waals surface area contributed by atoms with Crippen LogP contribution in [0.5, 0.6) is 0 Å². The van der Waals surface area contributed by atoms with Gasteiger partial charge in [-0.15, -0.1) is 11.3 Å². The van der Waals surface area contributed by atoms with Gasteiger partial charge in [0.2, 0.25) is 0 Å². The number of carbonyl (C=O) groups is 1. The highest BCUT2D eigenvalue weighted by molar-refractivity contribution is 7.13. The summed E-state index contributed by atoms with van der Waals surface area (Å²) in [4.78, 5) is 33.1. The Labute approximate surface area is 169 Å². The molecule has 3 aromatic heterocycles. The predicted octanol–water partition coefficient (Wildman–Crippen LogP) is 3.55. The van der Waals surface area contributed by atoms with Gasteiger partial charge in [0.1, 0.15) is 23.1 Å². The van der Waals surface area contributed by atoms with Gasteiger partial charge in [-0.25, -0.2) is 14.4 Å². The number of carbonyl (C=O) groups excluding carboxylic acids is 1. The molecule has 4 rings (SSSR count). The molecule has 146 valence electrons.